The van der Waals surface area contributed by atoms with E-state index in [0.29, 0.717) is 0 Å². The molecule has 1 rings (SSSR count). The molecule has 0 aromatic carbocycles. The highest BCUT2D eigenvalue weighted by molar-refractivity contribution is 6.94. The van der Waals surface area contributed by atoms with Gasteiger partial charge in [0, 0.05) is 0 Å². The van der Waals surface area contributed by atoms with Gasteiger partial charge in [0.05, 0.1) is 0 Å². The van der Waals surface area contributed by atoms with E-state index in [1.165, 1.54) is 0 Å². The summed E-state index contributed by atoms with van der Waals surface area (Å²) in [5.41, 5.74) is 0. The third-order valence-electron chi connectivity index (χ3n) is 0.766. The van der Waals surface area contributed by atoms with Crippen LogP contribution in [0.25, 0.3) is 0 Å². The predicted molar refractivity (Wildman–Crippen MR) is 36.6 cm³/mol. The zero-order chi connectivity index (χ0) is 7.72. The molecule has 10 heavy (non-hydrogen) atoms. The van der Waals surface area contributed by atoms with E-state index >= 15 is 0 Å². The maximum absolute atomic E-state index is 10.5. The van der Waals surface area contributed by atoms with Gasteiger partial charge in [0.1, 0.15) is 0 Å². The summed E-state index contributed by atoms with van der Waals surface area (Å²) in [7, 11) is 0. The molecule has 0 aromatic heterocycles. The summed E-state index contributed by atoms with van der Waals surface area (Å²) in [6, 6.07) is 0. The molecule has 1 aliphatic heterocycles. The van der Waals surface area contributed by atoms with E-state index in [9.17, 15) is 9.59 Å². The molecule has 0 saturated carbocycles. The third kappa shape index (κ3) is 1.22. The minimum atomic E-state index is -0.981. The van der Waals surface area contributed by atoms with Gasteiger partial charge >= 0.3 is 5.91 Å². The van der Waals surface area contributed by atoms with Gasteiger partial charge in [0.2, 0.25) is 5.29 Å². The summed E-state index contributed by atoms with van der Waals surface area (Å²) in [6.45, 7) is 0. The Hall–Kier alpha value is -0.740. The summed E-state index contributed by atoms with van der Waals surface area (Å²) in [6.07, 6.45) is 0. The molecule has 6 heteroatoms. The van der Waals surface area contributed by atoms with Crippen LogP contribution in [0, 0.1) is 0 Å². The van der Waals surface area contributed by atoms with Crippen molar-refractivity contribution in [3.05, 3.63) is 0 Å². The highest BCUT2D eigenvalue weighted by Gasteiger charge is 2.23. The normalized spacial score (nSPS) is 18.6. The molecule has 0 aromatic rings. The second kappa shape index (κ2) is 2.48. The van der Waals surface area contributed by atoms with Gasteiger partial charge in [-0.25, -0.2) is 4.99 Å². The molecule has 0 spiro atoms. The number of aliphatic imine (C=N–C) groups is 2. The molecule has 52 valence electrons. The number of carbonyl (C=O) groups is 2. The average molecular weight is 179 g/mol. The van der Waals surface area contributed by atoms with Crippen LogP contribution in [0.3, 0.4) is 0 Å². The van der Waals surface area contributed by atoms with Crippen molar-refractivity contribution in [2.24, 2.45) is 9.98 Å². The molecular formula is C4Cl2N2O2. The van der Waals surface area contributed by atoms with Crippen LogP contribution in [0.1, 0.15) is 0 Å². The Morgan fingerprint density at radius 2 is 1.70 bits per heavy atom. The van der Waals surface area contributed by atoms with Gasteiger partial charge in [-0.1, -0.05) is 11.6 Å². The molecule has 0 unspecified atom stereocenters. The Bertz CT molecular complexity index is 266. The number of ketones is 1. The molecule has 1 heterocycles. The van der Waals surface area contributed by atoms with Gasteiger partial charge in [0.25, 0.3) is 5.78 Å². The van der Waals surface area contributed by atoms with Crippen LogP contribution in [-0.2, 0) is 9.59 Å². The second-order valence-electron chi connectivity index (χ2n) is 1.42. The average Bonchev–Trinajstić information content (AvgIpc) is 1.82. The molecule has 4 nitrogen and oxygen atoms in total. The van der Waals surface area contributed by atoms with Crippen molar-refractivity contribution in [1.29, 1.82) is 0 Å². The van der Waals surface area contributed by atoms with Crippen molar-refractivity contribution in [1.82, 2.24) is 0 Å². The van der Waals surface area contributed by atoms with E-state index in [0.717, 1.165) is 0 Å². The lowest BCUT2D eigenvalue weighted by Crippen LogP contribution is -2.23. The molecule has 0 N–H and O–H groups in total. The Morgan fingerprint density at radius 1 is 1.10 bits per heavy atom. The Labute approximate surface area is 65.5 Å². The van der Waals surface area contributed by atoms with Crippen LogP contribution in [0.15, 0.2) is 9.98 Å². The van der Waals surface area contributed by atoms with Crippen molar-refractivity contribution in [2.45, 2.75) is 0 Å². The first-order valence-corrected chi connectivity index (χ1v) is 2.94. The SMILES string of the molecule is O=C1N=C(Cl)N=C(Cl)C1=O. The van der Waals surface area contributed by atoms with Crippen LogP contribution in [0.5, 0.6) is 0 Å². The van der Waals surface area contributed by atoms with Crippen LogP contribution >= 0.6 is 23.2 Å². The van der Waals surface area contributed by atoms with Gasteiger partial charge in [0.15, 0.2) is 5.17 Å². The fourth-order valence-corrected chi connectivity index (χ4v) is 0.745. The van der Waals surface area contributed by atoms with Crippen molar-refractivity contribution in [3.8, 4) is 0 Å². The zero-order valence-corrected chi connectivity index (χ0v) is 5.98. The van der Waals surface area contributed by atoms with E-state index in [1.807, 2.05) is 0 Å². The van der Waals surface area contributed by atoms with Gasteiger partial charge in [-0.05, 0) is 11.6 Å². The monoisotopic (exact) mass is 178 g/mol. The Kier molecular flexibility index (Phi) is 1.82. The largest absolute Gasteiger partial charge is 0.323 e. The molecule has 0 fully saturated rings. The summed E-state index contributed by atoms with van der Waals surface area (Å²) in [4.78, 5) is 27.2. The number of amides is 1. The number of halogens is 2. The number of rotatable bonds is 0. The summed E-state index contributed by atoms with van der Waals surface area (Å²) < 4.78 is 0. The first-order valence-electron chi connectivity index (χ1n) is 2.18. The summed E-state index contributed by atoms with van der Waals surface area (Å²) in [5, 5.41) is -0.750. The standard InChI is InChI=1S/C4Cl2N2O2/c5-2-1(9)3(10)8-4(6)7-2. The fraction of sp³-hybridized carbons (Fsp3) is 0. The number of amidine groups is 1. The molecule has 0 atom stereocenters. The smallest absolute Gasteiger partial charge is 0.280 e. The lowest BCUT2D eigenvalue weighted by Gasteiger charge is -1.97. The van der Waals surface area contributed by atoms with Crippen LogP contribution in [0.4, 0.5) is 0 Å². The van der Waals surface area contributed by atoms with Crippen LogP contribution in [0.2, 0.25) is 0 Å². The molecule has 0 aliphatic carbocycles. The molecule has 0 saturated heterocycles. The number of nitrogens with zero attached hydrogens (tertiary/aromatic N) is 2. The number of Topliss-reactive ketones (excluding diaryl/α,β-unsaturated/α-hetero) is 1. The minimum Gasteiger partial charge on any atom is -0.280 e. The maximum atomic E-state index is 10.5. The van der Waals surface area contributed by atoms with E-state index < -0.39 is 16.9 Å². The Balaban J connectivity index is 3.07. The first-order chi connectivity index (χ1) is 4.61. The quantitative estimate of drug-likeness (QED) is 0.397. The zero-order valence-electron chi connectivity index (χ0n) is 4.47. The molecule has 1 aliphatic rings. The number of hydrogen-bond acceptors (Lipinski definition) is 3. The Morgan fingerprint density at radius 3 is 2.20 bits per heavy atom. The maximum Gasteiger partial charge on any atom is 0.323 e. The topological polar surface area (TPSA) is 58.9 Å². The molecule has 0 radical (unpaired) electrons. The number of carbonyl (C=O) groups excluding carboxylic acids is 2. The third-order valence-corrected chi connectivity index (χ3v) is 1.19. The fourth-order valence-electron chi connectivity index (χ4n) is 0.380. The van der Waals surface area contributed by atoms with Gasteiger partial charge in [-0.3, -0.25) is 9.59 Å². The lowest BCUT2D eigenvalue weighted by atomic mass is 10.4. The highest BCUT2D eigenvalue weighted by Crippen LogP contribution is 2.02. The second-order valence-corrected chi connectivity index (χ2v) is 2.11. The van der Waals surface area contributed by atoms with Gasteiger partial charge in [-0.2, -0.15) is 4.99 Å². The van der Waals surface area contributed by atoms with Crippen LogP contribution in [-0.4, -0.2) is 22.2 Å². The summed E-state index contributed by atoms with van der Waals surface area (Å²) in [5.74, 6) is -1.91. The van der Waals surface area contributed by atoms with E-state index in [4.69, 9.17) is 23.2 Å². The highest BCUT2D eigenvalue weighted by atomic mass is 35.5. The van der Waals surface area contributed by atoms with Crippen LogP contribution < -0.4 is 0 Å². The van der Waals surface area contributed by atoms with Crippen molar-refractivity contribution < 1.29 is 9.59 Å². The molecule has 1 amide bonds. The molecule has 0 bridgehead atoms. The summed E-state index contributed by atoms with van der Waals surface area (Å²) >= 11 is 10.3. The number of hydrogen-bond donors (Lipinski definition) is 0. The lowest BCUT2D eigenvalue weighted by molar-refractivity contribution is -0.131. The van der Waals surface area contributed by atoms with E-state index in [2.05, 4.69) is 9.98 Å². The van der Waals surface area contributed by atoms with Crippen molar-refractivity contribution in [3.63, 3.8) is 0 Å². The first kappa shape index (κ1) is 7.37. The van der Waals surface area contributed by atoms with Crippen molar-refractivity contribution in [2.75, 3.05) is 0 Å². The van der Waals surface area contributed by atoms with E-state index in [-0.39, 0.29) is 5.29 Å². The molecular weight excluding hydrogens is 179 g/mol. The van der Waals surface area contributed by atoms with Crippen molar-refractivity contribution >= 4 is 45.4 Å². The van der Waals surface area contributed by atoms with Gasteiger partial charge in [-0.15, -0.1) is 0 Å². The predicted octanol–water partition coefficient (Wildman–Crippen LogP) is 0.328. The minimum absolute atomic E-state index is 0.311. The van der Waals surface area contributed by atoms with E-state index in [1.54, 1.807) is 0 Å². The van der Waals surface area contributed by atoms with Gasteiger partial charge < -0.3 is 0 Å².